The second-order valence-corrected chi connectivity index (χ2v) is 3.58. The van der Waals surface area contributed by atoms with Crippen LogP contribution in [0.25, 0.3) is 0 Å². The number of ketones is 1. The molecule has 1 aliphatic carbocycles. The minimum atomic E-state index is -0.900. The van der Waals surface area contributed by atoms with Gasteiger partial charge in [-0.1, -0.05) is 0 Å². The van der Waals surface area contributed by atoms with Crippen LogP contribution in [0.4, 0.5) is 4.39 Å². The van der Waals surface area contributed by atoms with E-state index in [0.717, 1.165) is 0 Å². The zero-order valence-corrected chi connectivity index (χ0v) is 6.66. The molecule has 1 heterocycles. The molecule has 0 spiro atoms. The molecule has 11 heavy (non-hydrogen) atoms. The van der Waals surface area contributed by atoms with Gasteiger partial charge in [0, 0.05) is 16.9 Å². The molecule has 1 atom stereocenters. The first-order chi connectivity index (χ1) is 5.29. The normalized spacial score (nSPS) is 23.4. The predicted molar refractivity (Wildman–Crippen MR) is 41.7 cm³/mol. The zero-order valence-electron chi connectivity index (χ0n) is 5.84. The third-order valence-electron chi connectivity index (χ3n) is 1.90. The number of halogens is 1. The highest BCUT2D eigenvalue weighted by Crippen LogP contribution is 2.35. The second kappa shape index (κ2) is 2.41. The molecule has 0 aliphatic heterocycles. The van der Waals surface area contributed by atoms with Crippen LogP contribution in [0.1, 0.15) is 34.2 Å². The lowest BCUT2D eigenvalue weighted by atomic mass is 9.97. The summed E-state index contributed by atoms with van der Waals surface area (Å²) in [5.41, 5.74) is 0.605. The van der Waals surface area contributed by atoms with Crippen LogP contribution in [0.5, 0.6) is 0 Å². The molecule has 1 aromatic heterocycles. The fourth-order valence-electron chi connectivity index (χ4n) is 1.32. The summed E-state index contributed by atoms with van der Waals surface area (Å²) in [6.45, 7) is 0. The summed E-state index contributed by atoms with van der Waals surface area (Å²) in [4.78, 5) is 11.8. The molecule has 0 saturated carbocycles. The lowest BCUT2D eigenvalue weighted by Crippen LogP contribution is -2.09. The van der Waals surface area contributed by atoms with Gasteiger partial charge < -0.3 is 0 Å². The summed E-state index contributed by atoms with van der Waals surface area (Å²) in [6.07, 6.45) is -0.167. The van der Waals surface area contributed by atoms with Crippen molar-refractivity contribution in [2.45, 2.75) is 19.0 Å². The van der Waals surface area contributed by atoms with E-state index in [1.54, 1.807) is 11.4 Å². The Labute approximate surface area is 67.9 Å². The van der Waals surface area contributed by atoms with Gasteiger partial charge in [-0.15, -0.1) is 11.3 Å². The first-order valence-corrected chi connectivity index (χ1v) is 4.41. The summed E-state index contributed by atoms with van der Waals surface area (Å²) in [5.74, 6) is 0.0927. The number of thiophene rings is 1. The average Bonchev–Trinajstić information content (AvgIpc) is 2.45. The van der Waals surface area contributed by atoms with Gasteiger partial charge in [-0.05, 0) is 17.9 Å². The number of carbonyl (C=O) groups excluding carboxylic acids is 1. The molecule has 1 aliphatic rings. The molecule has 0 amide bonds. The maximum Gasteiger partial charge on any atom is 0.164 e. The van der Waals surface area contributed by atoms with Crippen molar-refractivity contribution in [3.05, 3.63) is 21.9 Å². The van der Waals surface area contributed by atoms with Crippen LogP contribution in [0.15, 0.2) is 11.4 Å². The third kappa shape index (κ3) is 0.997. The van der Waals surface area contributed by atoms with Crippen LogP contribution < -0.4 is 0 Å². The van der Waals surface area contributed by atoms with Crippen molar-refractivity contribution in [3.8, 4) is 0 Å². The zero-order chi connectivity index (χ0) is 7.84. The van der Waals surface area contributed by atoms with E-state index in [2.05, 4.69) is 0 Å². The summed E-state index contributed by atoms with van der Waals surface area (Å²) >= 11 is 1.34. The van der Waals surface area contributed by atoms with Gasteiger partial charge in [0.25, 0.3) is 0 Å². The standard InChI is InChI=1S/C8H7FOS/c9-6-1-2-7(10)5-3-4-11-8(5)6/h3-4,6H,1-2H2/i9-1. The van der Waals surface area contributed by atoms with Gasteiger partial charge in [0.05, 0.1) is 0 Å². The van der Waals surface area contributed by atoms with Crippen molar-refractivity contribution in [2.24, 2.45) is 0 Å². The number of carbonyl (C=O) groups is 1. The highest BCUT2D eigenvalue weighted by atomic mass is 32.1. The predicted octanol–water partition coefficient (Wildman–Crippen LogP) is 2.74. The van der Waals surface area contributed by atoms with Crippen LogP contribution in [0.2, 0.25) is 0 Å². The van der Waals surface area contributed by atoms with Crippen molar-refractivity contribution in [2.75, 3.05) is 0 Å². The number of rotatable bonds is 0. The Kier molecular flexibility index (Phi) is 1.53. The minimum absolute atomic E-state index is 0.0927. The summed E-state index contributed by atoms with van der Waals surface area (Å²) < 4.78 is 13.0. The fourth-order valence-corrected chi connectivity index (χ4v) is 2.24. The highest BCUT2D eigenvalue weighted by Gasteiger charge is 2.25. The largest absolute Gasteiger partial charge is 0.294 e. The lowest BCUT2D eigenvalue weighted by Gasteiger charge is -2.13. The molecule has 1 unspecified atom stereocenters. The van der Waals surface area contributed by atoms with E-state index in [0.29, 0.717) is 23.3 Å². The fraction of sp³-hybridized carbons (Fsp3) is 0.375. The van der Waals surface area contributed by atoms with Crippen molar-refractivity contribution >= 4 is 17.1 Å². The van der Waals surface area contributed by atoms with Gasteiger partial charge in [0.1, 0.15) is 6.17 Å². The Morgan fingerprint density at radius 2 is 2.45 bits per heavy atom. The third-order valence-corrected chi connectivity index (χ3v) is 2.91. The van der Waals surface area contributed by atoms with E-state index in [4.69, 9.17) is 0 Å². The first kappa shape index (κ1) is 6.98. The van der Waals surface area contributed by atoms with Crippen LogP contribution in [0, 0.1) is 0 Å². The molecule has 0 radical (unpaired) electrons. The van der Waals surface area contributed by atoms with Gasteiger partial charge in [-0.25, -0.2) is 4.39 Å². The van der Waals surface area contributed by atoms with E-state index in [1.807, 2.05) is 0 Å². The number of Topliss-reactive ketones (excluding diaryl/α,β-unsaturated/α-hetero) is 1. The number of hydrogen-bond donors (Lipinski definition) is 0. The molecule has 2 rings (SSSR count). The Morgan fingerprint density at radius 1 is 1.64 bits per heavy atom. The molecule has 0 fully saturated rings. The molecule has 0 saturated heterocycles. The van der Waals surface area contributed by atoms with Gasteiger partial charge in [-0.2, -0.15) is 0 Å². The number of fused-ring (bicyclic) bond motifs is 1. The monoisotopic (exact) mass is 169 g/mol. The van der Waals surface area contributed by atoms with Gasteiger partial charge in [0.2, 0.25) is 0 Å². The summed E-state index contributed by atoms with van der Waals surface area (Å²) in [5, 5.41) is 1.78. The maximum absolute atomic E-state index is 13.0. The molecular weight excluding hydrogens is 162 g/mol. The smallest absolute Gasteiger partial charge is 0.164 e. The van der Waals surface area contributed by atoms with Crippen molar-refractivity contribution in [3.63, 3.8) is 0 Å². The van der Waals surface area contributed by atoms with Gasteiger partial charge in [0.15, 0.2) is 5.78 Å². The Balaban J connectivity index is 2.51. The Bertz CT molecular complexity index is 292. The summed E-state index contributed by atoms with van der Waals surface area (Å²) in [7, 11) is 0. The first-order valence-electron chi connectivity index (χ1n) is 3.53. The van der Waals surface area contributed by atoms with Crippen LogP contribution in [0.3, 0.4) is 0 Å². The van der Waals surface area contributed by atoms with E-state index in [1.165, 1.54) is 11.3 Å². The van der Waals surface area contributed by atoms with Crippen LogP contribution in [-0.2, 0) is 0 Å². The molecule has 58 valence electrons. The van der Waals surface area contributed by atoms with E-state index in [9.17, 15) is 9.18 Å². The Hall–Kier alpha value is -0.700. The molecule has 3 heteroatoms. The van der Waals surface area contributed by atoms with Crippen LogP contribution in [-0.4, -0.2) is 5.78 Å². The number of alkyl halides is 1. The average molecular weight is 169 g/mol. The quantitative estimate of drug-likeness (QED) is 0.583. The SMILES string of the molecule is O=C1CCC([18F])c2sccc21. The molecule has 0 bridgehead atoms. The van der Waals surface area contributed by atoms with E-state index >= 15 is 0 Å². The number of hydrogen-bond acceptors (Lipinski definition) is 2. The molecule has 1 aromatic rings. The van der Waals surface area contributed by atoms with E-state index in [-0.39, 0.29) is 5.78 Å². The van der Waals surface area contributed by atoms with Crippen molar-refractivity contribution in [1.82, 2.24) is 0 Å². The minimum Gasteiger partial charge on any atom is -0.294 e. The maximum atomic E-state index is 13.0. The molecule has 1 nitrogen and oxygen atoms in total. The Morgan fingerprint density at radius 3 is 3.18 bits per heavy atom. The van der Waals surface area contributed by atoms with Gasteiger partial charge in [-0.3, -0.25) is 4.79 Å². The summed E-state index contributed by atoms with van der Waals surface area (Å²) in [6, 6.07) is 1.72. The van der Waals surface area contributed by atoms with E-state index < -0.39 is 6.17 Å². The highest BCUT2D eigenvalue weighted by molar-refractivity contribution is 7.10. The molecule has 0 N–H and O–H groups in total. The van der Waals surface area contributed by atoms with Gasteiger partial charge >= 0.3 is 0 Å². The van der Waals surface area contributed by atoms with Crippen LogP contribution >= 0.6 is 11.3 Å². The second-order valence-electron chi connectivity index (χ2n) is 2.63. The lowest BCUT2D eigenvalue weighted by molar-refractivity contribution is 0.0951. The van der Waals surface area contributed by atoms with Crippen molar-refractivity contribution in [1.29, 1.82) is 0 Å². The van der Waals surface area contributed by atoms with Crippen molar-refractivity contribution < 1.29 is 9.18 Å². The molecule has 0 aromatic carbocycles. The molecular formula is C8H7FOS. The topological polar surface area (TPSA) is 17.1 Å².